The molecule has 1 heterocycles. The van der Waals surface area contributed by atoms with Gasteiger partial charge < -0.3 is 9.73 Å². The highest BCUT2D eigenvalue weighted by Gasteiger charge is 2.14. The van der Waals surface area contributed by atoms with Gasteiger partial charge in [0, 0.05) is 5.39 Å². The first-order chi connectivity index (χ1) is 10.6. The molecule has 1 aromatic heterocycles. The van der Waals surface area contributed by atoms with Gasteiger partial charge in [0.2, 0.25) is 5.55 Å². The van der Waals surface area contributed by atoms with E-state index in [1.54, 1.807) is 42.5 Å². The zero-order valence-electron chi connectivity index (χ0n) is 11.2. The smallest absolute Gasteiger partial charge is 0.261 e. The van der Waals surface area contributed by atoms with E-state index in [1.165, 1.54) is 0 Å². The van der Waals surface area contributed by atoms with E-state index in [1.807, 2.05) is 6.07 Å². The van der Waals surface area contributed by atoms with Crippen LogP contribution in [0.25, 0.3) is 11.0 Å². The second-order valence-corrected chi connectivity index (χ2v) is 5.37. The lowest BCUT2D eigenvalue weighted by molar-refractivity contribution is 0.102. The number of benzene rings is 2. The molecule has 2 N–H and O–H groups in total. The van der Waals surface area contributed by atoms with Crippen LogP contribution in [-0.4, -0.2) is 5.91 Å². The van der Waals surface area contributed by atoms with Gasteiger partial charge in [-0.1, -0.05) is 47.5 Å². The maximum atomic E-state index is 12.3. The third kappa shape index (κ3) is 2.71. The molecule has 2 aromatic carbocycles. The molecule has 6 heteroatoms. The number of halogens is 2. The lowest BCUT2D eigenvalue weighted by Gasteiger charge is -2.08. The van der Waals surface area contributed by atoms with Crippen LogP contribution in [0.5, 0.6) is 0 Å². The summed E-state index contributed by atoms with van der Waals surface area (Å²) in [5.41, 5.74) is 0.834. The van der Waals surface area contributed by atoms with E-state index in [9.17, 15) is 4.79 Å². The van der Waals surface area contributed by atoms with E-state index in [0.717, 1.165) is 5.39 Å². The number of amides is 1. The largest absolute Gasteiger partial charge is 0.438 e. The van der Waals surface area contributed by atoms with Gasteiger partial charge in [0.05, 0.1) is 15.7 Å². The Morgan fingerprint density at radius 1 is 1.09 bits per heavy atom. The topological polar surface area (TPSA) is 66.1 Å². The van der Waals surface area contributed by atoms with E-state index in [0.29, 0.717) is 16.3 Å². The van der Waals surface area contributed by atoms with Gasteiger partial charge in [0.15, 0.2) is 0 Å². The quantitative estimate of drug-likeness (QED) is 0.726. The summed E-state index contributed by atoms with van der Waals surface area (Å²) < 4.78 is 5.35. The normalized spacial score (nSPS) is 10.6. The summed E-state index contributed by atoms with van der Waals surface area (Å²) in [6.07, 6.45) is 0. The molecule has 1 amide bonds. The SMILES string of the molecule is N=c1oc2ccccc2cc1C(=O)Nc1cccc(Cl)c1Cl. The molecule has 0 aliphatic heterocycles. The van der Waals surface area contributed by atoms with Crippen molar-refractivity contribution in [2.24, 2.45) is 0 Å². The molecule has 0 saturated carbocycles. The first-order valence-electron chi connectivity index (χ1n) is 6.39. The molecule has 0 unspecified atom stereocenters. The van der Waals surface area contributed by atoms with Crippen molar-refractivity contribution in [3.63, 3.8) is 0 Å². The highest BCUT2D eigenvalue weighted by atomic mass is 35.5. The average molecular weight is 333 g/mol. The standard InChI is InChI=1S/C16H10Cl2N2O2/c17-11-5-3-6-12(14(11)18)20-16(21)10-8-9-4-1-2-7-13(9)22-15(10)19/h1-8,19H,(H,20,21). The molecule has 0 fully saturated rings. The second-order valence-electron chi connectivity index (χ2n) is 4.58. The van der Waals surface area contributed by atoms with Crippen LogP contribution in [0.1, 0.15) is 10.4 Å². The Morgan fingerprint density at radius 3 is 2.68 bits per heavy atom. The van der Waals surface area contributed by atoms with Gasteiger partial charge in [-0.15, -0.1) is 0 Å². The van der Waals surface area contributed by atoms with Crippen LogP contribution in [-0.2, 0) is 0 Å². The van der Waals surface area contributed by atoms with Gasteiger partial charge in [0.25, 0.3) is 5.91 Å². The molecule has 4 nitrogen and oxygen atoms in total. The highest BCUT2D eigenvalue weighted by Crippen LogP contribution is 2.29. The Labute approximate surface area is 135 Å². The van der Waals surface area contributed by atoms with Crippen LogP contribution < -0.4 is 10.9 Å². The predicted molar refractivity (Wildman–Crippen MR) is 86.5 cm³/mol. The minimum absolute atomic E-state index is 0.120. The Morgan fingerprint density at radius 2 is 1.86 bits per heavy atom. The number of hydrogen-bond donors (Lipinski definition) is 2. The van der Waals surface area contributed by atoms with Crippen molar-refractivity contribution in [1.29, 1.82) is 5.41 Å². The number of carbonyl (C=O) groups is 1. The zero-order chi connectivity index (χ0) is 15.7. The van der Waals surface area contributed by atoms with Crippen molar-refractivity contribution in [1.82, 2.24) is 0 Å². The van der Waals surface area contributed by atoms with Crippen molar-refractivity contribution < 1.29 is 9.21 Å². The van der Waals surface area contributed by atoms with E-state index in [4.69, 9.17) is 33.0 Å². The Bertz CT molecular complexity index is 935. The summed E-state index contributed by atoms with van der Waals surface area (Å²) in [4.78, 5) is 12.3. The highest BCUT2D eigenvalue weighted by molar-refractivity contribution is 6.44. The molecule has 0 bridgehead atoms. The molecule has 22 heavy (non-hydrogen) atoms. The van der Waals surface area contributed by atoms with Crippen molar-refractivity contribution in [2.75, 3.05) is 5.32 Å². The maximum Gasteiger partial charge on any atom is 0.261 e. The number of anilines is 1. The van der Waals surface area contributed by atoms with Gasteiger partial charge >= 0.3 is 0 Å². The van der Waals surface area contributed by atoms with Crippen LogP contribution >= 0.6 is 23.2 Å². The average Bonchev–Trinajstić information content (AvgIpc) is 2.51. The fraction of sp³-hybridized carbons (Fsp3) is 0. The first kappa shape index (κ1) is 14.6. The minimum Gasteiger partial charge on any atom is -0.438 e. The van der Waals surface area contributed by atoms with E-state index < -0.39 is 5.91 Å². The number of rotatable bonds is 2. The minimum atomic E-state index is -0.483. The van der Waals surface area contributed by atoms with Crippen molar-refractivity contribution in [2.45, 2.75) is 0 Å². The summed E-state index contributed by atoms with van der Waals surface area (Å²) in [5.74, 6) is -0.483. The van der Waals surface area contributed by atoms with Crippen molar-refractivity contribution in [3.05, 3.63) is 69.7 Å². The molecular formula is C16H10Cl2N2O2. The second kappa shape index (κ2) is 5.83. The summed E-state index contributed by atoms with van der Waals surface area (Å²) in [6.45, 7) is 0. The van der Waals surface area contributed by atoms with Gasteiger partial charge in [-0.25, -0.2) is 0 Å². The molecule has 3 aromatic rings. The van der Waals surface area contributed by atoms with Crippen LogP contribution in [0.4, 0.5) is 5.69 Å². The molecule has 0 atom stereocenters. The van der Waals surface area contributed by atoms with E-state index in [2.05, 4.69) is 5.32 Å². The molecule has 3 rings (SSSR count). The number of carbonyl (C=O) groups excluding carboxylic acids is 1. The summed E-state index contributed by atoms with van der Waals surface area (Å²) >= 11 is 12.0. The van der Waals surface area contributed by atoms with Crippen LogP contribution in [0.2, 0.25) is 10.0 Å². The number of para-hydroxylation sites is 1. The zero-order valence-corrected chi connectivity index (χ0v) is 12.7. The fourth-order valence-electron chi connectivity index (χ4n) is 2.04. The van der Waals surface area contributed by atoms with Gasteiger partial charge in [0.1, 0.15) is 11.1 Å². The van der Waals surface area contributed by atoms with Gasteiger partial charge in [-0.2, -0.15) is 0 Å². The van der Waals surface area contributed by atoms with E-state index in [-0.39, 0.29) is 16.1 Å². The number of nitrogens with one attached hydrogen (secondary N) is 2. The fourth-order valence-corrected chi connectivity index (χ4v) is 2.39. The molecule has 0 radical (unpaired) electrons. The Hall–Kier alpha value is -2.30. The Kier molecular flexibility index (Phi) is 3.88. The third-order valence-electron chi connectivity index (χ3n) is 3.12. The monoisotopic (exact) mass is 332 g/mol. The lowest BCUT2D eigenvalue weighted by Crippen LogP contribution is -2.21. The molecule has 0 spiro atoms. The van der Waals surface area contributed by atoms with Crippen LogP contribution in [0.3, 0.4) is 0 Å². The summed E-state index contributed by atoms with van der Waals surface area (Å²) in [7, 11) is 0. The number of hydrogen-bond acceptors (Lipinski definition) is 3. The lowest BCUT2D eigenvalue weighted by atomic mass is 10.1. The van der Waals surface area contributed by atoms with Gasteiger partial charge in [-0.05, 0) is 24.3 Å². The molecule has 0 saturated heterocycles. The third-order valence-corrected chi connectivity index (χ3v) is 3.94. The first-order valence-corrected chi connectivity index (χ1v) is 7.14. The van der Waals surface area contributed by atoms with Crippen LogP contribution in [0, 0.1) is 5.41 Å². The summed E-state index contributed by atoms with van der Waals surface area (Å²) in [6, 6.07) is 13.7. The predicted octanol–water partition coefficient (Wildman–Crippen LogP) is 4.47. The molecular weight excluding hydrogens is 323 g/mol. The van der Waals surface area contributed by atoms with Gasteiger partial charge in [-0.3, -0.25) is 10.2 Å². The van der Waals surface area contributed by atoms with E-state index >= 15 is 0 Å². The van der Waals surface area contributed by atoms with Crippen molar-refractivity contribution in [3.8, 4) is 0 Å². The Balaban J connectivity index is 2.00. The van der Waals surface area contributed by atoms with Crippen LogP contribution in [0.15, 0.2) is 52.9 Å². The molecule has 0 aliphatic carbocycles. The summed E-state index contributed by atoms with van der Waals surface area (Å²) in [5, 5.41) is 11.8. The number of fused-ring (bicyclic) bond motifs is 1. The molecule has 110 valence electrons. The molecule has 0 aliphatic rings. The van der Waals surface area contributed by atoms with Crippen molar-refractivity contribution >= 4 is 45.8 Å². The maximum absolute atomic E-state index is 12.3.